The van der Waals surface area contributed by atoms with Crippen molar-refractivity contribution in [3.63, 3.8) is 0 Å². The monoisotopic (exact) mass is 255 g/mol. The molecule has 0 bridgehead atoms. The van der Waals surface area contributed by atoms with Crippen LogP contribution in [-0.2, 0) is 0 Å². The van der Waals surface area contributed by atoms with Crippen LogP contribution in [0.5, 0.6) is 0 Å². The Balaban J connectivity index is 2.28. The highest BCUT2D eigenvalue weighted by Crippen LogP contribution is 2.15. The van der Waals surface area contributed by atoms with Gasteiger partial charge in [0.2, 0.25) is 5.78 Å². The molecule has 0 aliphatic heterocycles. The molecule has 0 radical (unpaired) electrons. The second-order valence-electron chi connectivity index (χ2n) is 3.50. The summed E-state index contributed by atoms with van der Waals surface area (Å²) in [6.07, 6.45) is 0. The Hall–Kier alpha value is -1.56. The first-order valence-corrected chi connectivity index (χ1v) is 5.74. The van der Waals surface area contributed by atoms with Crippen molar-refractivity contribution in [3.05, 3.63) is 52.2 Å². The number of ketones is 1. The molecule has 17 heavy (non-hydrogen) atoms. The summed E-state index contributed by atoms with van der Waals surface area (Å²) in [6, 6.07) is 7.70. The van der Waals surface area contributed by atoms with Crippen molar-refractivity contribution in [2.75, 3.05) is 0 Å². The fourth-order valence-corrected chi connectivity index (χ4v) is 2.09. The van der Waals surface area contributed by atoms with E-state index in [-0.39, 0.29) is 11.3 Å². The van der Waals surface area contributed by atoms with E-state index < -0.39 is 12.4 Å². The zero-order chi connectivity index (χ0) is 12.5. The zero-order valence-corrected chi connectivity index (χ0v) is 9.39. The summed E-state index contributed by atoms with van der Waals surface area (Å²) < 4.78 is 37.1. The molecule has 0 fully saturated rings. The van der Waals surface area contributed by atoms with Gasteiger partial charge >= 0.3 is 6.98 Å². The number of halogens is 3. The van der Waals surface area contributed by atoms with E-state index in [1.807, 2.05) is 0 Å². The Morgan fingerprint density at radius 3 is 2.18 bits per heavy atom. The Kier molecular flexibility index (Phi) is 3.06. The van der Waals surface area contributed by atoms with Crippen LogP contribution < -0.4 is 5.46 Å². The van der Waals surface area contributed by atoms with Gasteiger partial charge < -0.3 is 12.9 Å². The average Bonchev–Trinajstić information content (AvgIpc) is 2.80. The molecule has 0 aliphatic rings. The molecule has 6 heteroatoms. The summed E-state index contributed by atoms with van der Waals surface area (Å²) in [7, 11) is 0. The molecule has 0 unspecified atom stereocenters. The second kappa shape index (κ2) is 4.37. The van der Waals surface area contributed by atoms with Gasteiger partial charge in [-0.2, -0.15) is 0 Å². The standard InChI is InChI=1S/C11H7BF3OS/c13-12(14,15)9-5-3-8(4-6-9)11(16)10-2-1-7-17-10/h1-7H/q-1. The lowest BCUT2D eigenvalue weighted by atomic mass is 9.80. The normalized spacial score (nSPS) is 11.5. The van der Waals surface area contributed by atoms with Crippen LogP contribution in [0, 0.1) is 0 Å². The van der Waals surface area contributed by atoms with Gasteiger partial charge in [-0.25, -0.2) is 0 Å². The first-order chi connectivity index (χ1) is 7.98. The minimum atomic E-state index is -5.00. The van der Waals surface area contributed by atoms with Gasteiger partial charge in [0, 0.05) is 5.56 Å². The molecular weight excluding hydrogens is 248 g/mol. The van der Waals surface area contributed by atoms with Crippen LogP contribution >= 0.6 is 11.3 Å². The van der Waals surface area contributed by atoms with Gasteiger partial charge in [-0.1, -0.05) is 30.3 Å². The van der Waals surface area contributed by atoms with E-state index in [0.29, 0.717) is 4.88 Å². The van der Waals surface area contributed by atoms with E-state index in [4.69, 9.17) is 0 Å². The Labute approximate surface area is 100.0 Å². The van der Waals surface area contributed by atoms with E-state index in [0.717, 1.165) is 12.1 Å². The Bertz CT molecular complexity index is 517. The lowest BCUT2D eigenvalue weighted by Gasteiger charge is -2.14. The zero-order valence-electron chi connectivity index (χ0n) is 8.57. The van der Waals surface area contributed by atoms with Gasteiger partial charge in [0.1, 0.15) is 0 Å². The lowest BCUT2D eigenvalue weighted by Crippen LogP contribution is -2.33. The second-order valence-corrected chi connectivity index (χ2v) is 4.45. The topological polar surface area (TPSA) is 17.1 Å². The van der Waals surface area contributed by atoms with Crippen LogP contribution in [0.1, 0.15) is 15.2 Å². The summed E-state index contributed by atoms with van der Waals surface area (Å²) in [5, 5.41) is 1.75. The number of rotatable bonds is 3. The molecule has 1 heterocycles. The summed E-state index contributed by atoms with van der Waals surface area (Å²) in [5.74, 6) is -0.249. The van der Waals surface area contributed by atoms with Crippen LogP contribution in [0.4, 0.5) is 12.9 Å². The minimum Gasteiger partial charge on any atom is -0.445 e. The molecule has 0 saturated heterocycles. The molecule has 88 valence electrons. The molecule has 2 aromatic rings. The highest BCUT2D eigenvalue weighted by atomic mass is 32.1. The quantitative estimate of drug-likeness (QED) is 0.608. The smallest absolute Gasteiger partial charge is 0.445 e. The lowest BCUT2D eigenvalue weighted by molar-refractivity contribution is 0.104. The number of carbonyl (C=O) groups excluding carboxylic acids is 1. The predicted molar refractivity (Wildman–Crippen MR) is 62.9 cm³/mol. The molecule has 0 spiro atoms. The van der Waals surface area contributed by atoms with Crippen molar-refractivity contribution in [1.29, 1.82) is 0 Å². The Morgan fingerprint density at radius 2 is 1.71 bits per heavy atom. The van der Waals surface area contributed by atoms with Crippen molar-refractivity contribution in [2.45, 2.75) is 0 Å². The predicted octanol–water partition coefficient (Wildman–Crippen LogP) is 3.03. The SMILES string of the molecule is O=C(c1ccc([B-](F)(F)F)cc1)c1cccs1. The summed E-state index contributed by atoms with van der Waals surface area (Å²) >= 11 is 1.27. The van der Waals surface area contributed by atoms with Crippen LogP contribution in [0.15, 0.2) is 41.8 Å². The van der Waals surface area contributed by atoms with E-state index in [1.165, 1.54) is 23.5 Å². The molecule has 0 atom stereocenters. The number of benzene rings is 1. The maximum Gasteiger partial charge on any atom is 0.509 e. The molecule has 0 aliphatic carbocycles. The van der Waals surface area contributed by atoms with Gasteiger partial charge in [0.15, 0.2) is 0 Å². The number of carbonyl (C=O) groups is 1. The third-order valence-electron chi connectivity index (χ3n) is 2.30. The molecule has 1 aromatic heterocycles. The number of hydrogen-bond acceptors (Lipinski definition) is 2. The minimum absolute atomic E-state index is 0.249. The highest BCUT2D eigenvalue weighted by Gasteiger charge is 2.25. The van der Waals surface area contributed by atoms with Crippen molar-refractivity contribution in [2.24, 2.45) is 0 Å². The number of hydrogen-bond donors (Lipinski definition) is 0. The summed E-state index contributed by atoms with van der Waals surface area (Å²) in [6.45, 7) is -5.00. The first kappa shape index (κ1) is 11.9. The maximum absolute atomic E-state index is 12.4. The maximum atomic E-state index is 12.4. The third-order valence-corrected chi connectivity index (χ3v) is 3.16. The summed E-state index contributed by atoms with van der Waals surface area (Å²) in [5.41, 5.74) is -0.413. The molecule has 1 nitrogen and oxygen atoms in total. The van der Waals surface area contributed by atoms with E-state index >= 15 is 0 Å². The van der Waals surface area contributed by atoms with Gasteiger partial charge in [0.25, 0.3) is 0 Å². The molecule has 2 rings (SSSR count). The largest absolute Gasteiger partial charge is 0.509 e. The highest BCUT2D eigenvalue weighted by molar-refractivity contribution is 7.12. The van der Waals surface area contributed by atoms with Gasteiger partial charge in [-0.3, -0.25) is 4.79 Å². The van der Waals surface area contributed by atoms with Crippen LogP contribution in [0.2, 0.25) is 0 Å². The van der Waals surface area contributed by atoms with E-state index in [9.17, 15) is 17.7 Å². The Morgan fingerprint density at radius 1 is 1.06 bits per heavy atom. The molecular formula is C11H7BF3OS-. The van der Waals surface area contributed by atoms with Crippen LogP contribution in [-0.4, -0.2) is 12.8 Å². The van der Waals surface area contributed by atoms with Crippen molar-refractivity contribution in [3.8, 4) is 0 Å². The van der Waals surface area contributed by atoms with E-state index in [2.05, 4.69) is 0 Å². The summed E-state index contributed by atoms with van der Waals surface area (Å²) in [4.78, 5) is 12.3. The van der Waals surface area contributed by atoms with Gasteiger partial charge in [-0.05, 0) is 11.4 Å². The molecule has 0 saturated carbocycles. The molecule has 1 aromatic carbocycles. The number of thiophene rings is 1. The van der Waals surface area contributed by atoms with Crippen molar-refractivity contribution in [1.82, 2.24) is 0 Å². The van der Waals surface area contributed by atoms with Crippen LogP contribution in [0.3, 0.4) is 0 Å². The van der Waals surface area contributed by atoms with Gasteiger partial charge in [-0.15, -0.1) is 16.8 Å². The first-order valence-electron chi connectivity index (χ1n) is 4.86. The molecule has 0 amide bonds. The third kappa shape index (κ3) is 2.58. The van der Waals surface area contributed by atoms with Gasteiger partial charge in [0.05, 0.1) is 4.88 Å². The van der Waals surface area contributed by atoms with Crippen molar-refractivity contribution < 1.29 is 17.7 Å². The molecule has 0 N–H and O–H groups in total. The fourth-order valence-electron chi connectivity index (χ4n) is 1.40. The van der Waals surface area contributed by atoms with Crippen molar-refractivity contribution >= 4 is 29.6 Å². The van der Waals surface area contributed by atoms with E-state index in [1.54, 1.807) is 17.5 Å². The van der Waals surface area contributed by atoms with Crippen LogP contribution in [0.25, 0.3) is 0 Å². The average molecular weight is 255 g/mol. The fraction of sp³-hybridized carbons (Fsp3) is 0.